The van der Waals surface area contributed by atoms with Gasteiger partial charge in [-0.1, -0.05) is 36.4 Å². The smallest absolute Gasteiger partial charge is 0.313 e. The third-order valence-electron chi connectivity index (χ3n) is 5.19. The molecule has 0 spiro atoms. The molecule has 3 nitrogen and oxygen atoms in total. The second-order valence-electron chi connectivity index (χ2n) is 6.69. The summed E-state index contributed by atoms with van der Waals surface area (Å²) >= 11 is 0. The Hall–Kier alpha value is -2.42. The van der Waals surface area contributed by atoms with Gasteiger partial charge in [0.25, 0.3) is 0 Å². The normalized spacial score (nSPS) is 26.2. The number of carbonyl (C=O) groups is 1. The van der Waals surface area contributed by atoms with Crippen molar-refractivity contribution < 1.29 is 9.53 Å². The van der Waals surface area contributed by atoms with Gasteiger partial charge in [0.2, 0.25) is 0 Å². The molecule has 2 atom stereocenters. The minimum atomic E-state index is -0.380. The molecule has 2 aliphatic rings. The van der Waals surface area contributed by atoms with E-state index < -0.39 is 0 Å². The van der Waals surface area contributed by atoms with Crippen LogP contribution in [0.3, 0.4) is 0 Å². The third kappa shape index (κ3) is 2.37. The van der Waals surface area contributed by atoms with E-state index in [4.69, 9.17) is 4.74 Å². The molecular formula is C20H19NO2. The first kappa shape index (κ1) is 14.2. The minimum absolute atomic E-state index is 0.0423. The number of benzene rings is 1. The number of ether oxygens (including phenoxy) is 1. The fraction of sp³-hybridized carbons (Fsp3) is 0.300. The third-order valence-corrected chi connectivity index (χ3v) is 5.19. The van der Waals surface area contributed by atoms with Crippen LogP contribution in [0.5, 0.6) is 0 Å². The first-order chi connectivity index (χ1) is 11.2. The average Bonchev–Trinajstić information content (AvgIpc) is 3.04. The van der Waals surface area contributed by atoms with Crippen molar-refractivity contribution in [2.45, 2.75) is 19.3 Å². The minimum Gasteiger partial charge on any atom is -0.465 e. The summed E-state index contributed by atoms with van der Waals surface area (Å²) in [6.07, 6.45) is 6.02. The lowest BCUT2D eigenvalue weighted by molar-refractivity contribution is -0.146. The summed E-state index contributed by atoms with van der Waals surface area (Å²) in [6, 6.07) is 12.5. The predicted molar refractivity (Wildman–Crippen MR) is 88.6 cm³/mol. The van der Waals surface area contributed by atoms with Gasteiger partial charge >= 0.3 is 5.97 Å². The maximum atomic E-state index is 12.3. The lowest BCUT2D eigenvalue weighted by atomic mass is 9.75. The van der Waals surface area contributed by atoms with Gasteiger partial charge in [0.15, 0.2) is 0 Å². The first-order valence-electron chi connectivity index (χ1n) is 8.01. The van der Waals surface area contributed by atoms with Crippen LogP contribution >= 0.6 is 0 Å². The number of esters is 1. The molecule has 2 aromatic rings. The van der Waals surface area contributed by atoms with Crippen LogP contribution in [0.25, 0.3) is 11.1 Å². The maximum absolute atomic E-state index is 12.3. The van der Waals surface area contributed by atoms with Crippen LogP contribution in [0.4, 0.5) is 0 Å². The van der Waals surface area contributed by atoms with Gasteiger partial charge in [0.05, 0.1) is 12.0 Å². The number of rotatable bonds is 3. The molecule has 0 amide bonds. The number of carbonyl (C=O) groups excluding carboxylic acids is 1. The van der Waals surface area contributed by atoms with Crippen molar-refractivity contribution in [1.82, 2.24) is 4.98 Å². The lowest BCUT2D eigenvalue weighted by Crippen LogP contribution is -2.31. The summed E-state index contributed by atoms with van der Waals surface area (Å²) in [6.45, 7) is 4.65. The monoisotopic (exact) mass is 305 g/mol. The Morgan fingerprint density at radius 2 is 1.83 bits per heavy atom. The Kier molecular flexibility index (Phi) is 3.29. The van der Waals surface area contributed by atoms with E-state index in [2.05, 4.69) is 35.8 Å². The van der Waals surface area contributed by atoms with E-state index in [0.29, 0.717) is 12.5 Å². The van der Waals surface area contributed by atoms with Crippen LogP contribution in [-0.2, 0) is 16.0 Å². The summed E-state index contributed by atoms with van der Waals surface area (Å²) in [5.41, 5.74) is 4.29. The highest BCUT2D eigenvalue weighted by Gasteiger charge is 2.55. The van der Waals surface area contributed by atoms with Crippen LogP contribution in [-0.4, -0.2) is 17.6 Å². The molecule has 1 saturated heterocycles. The van der Waals surface area contributed by atoms with Crippen LogP contribution in [0.2, 0.25) is 0 Å². The topological polar surface area (TPSA) is 39.2 Å². The highest BCUT2D eigenvalue weighted by Crippen LogP contribution is 2.52. The van der Waals surface area contributed by atoms with Gasteiger partial charge in [-0.3, -0.25) is 9.78 Å². The van der Waals surface area contributed by atoms with Crippen LogP contribution in [0, 0.1) is 11.3 Å². The number of hydrogen-bond acceptors (Lipinski definition) is 3. The Balaban J connectivity index is 1.60. The molecule has 1 aromatic carbocycles. The van der Waals surface area contributed by atoms with E-state index in [0.717, 1.165) is 30.4 Å². The second kappa shape index (κ2) is 5.34. The van der Waals surface area contributed by atoms with E-state index in [1.54, 1.807) is 12.4 Å². The van der Waals surface area contributed by atoms with E-state index in [1.165, 1.54) is 11.1 Å². The molecule has 2 fully saturated rings. The molecule has 0 bridgehead atoms. The van der Waals surface area contributed by atoms with Crippen molar-refractivity contribution in [2.75, 3.05) is 6.61 Å². The Morgan fingerprint density at radius 1 is 1.13 bits per heavy atom. The number of nitrogens with zero attached hydrogens (tertiary/aromatic N) is 1. The lowest BCUT2D eigenvalue weighted by Gasteiger charge is -2.24. The van der Waals surface area contributed by atoms with Crippen molar-refractivity contribution in [3.63, 3.8) is 0 Å². The molecule has 1 saturated carbocycles. The number of pyridine rings is 1. The molecule has 3 heteroatoms. The Morgan fingerprint density at radius 3 is 2.57 bits per heavy atom. The van der Waals surface area contributed by atoms with Crippen molar-refractivity contribution in [3.8, 4) is 11.1 Å². The van der Waals surface area contributed by atoms with E-state index in [9.17, 15) is 4.79 Å². The van der Waals surface area contributed by atoms with Crippen molar-refractivity contribution >= 4 is 5.97 Å². The van der Waals surface area contributed by atoms with Gasteiger partial charge in [-0.15, -0.1) is 0 Å². The first-order valence-corrected chi connectivity index (χ1v) is 8.01. The summed E-state index contributed by atoms with van der Waals surface area (Å²) in [5, 5.41) is 0. The number of allylic oxidation sites excluding steroid dienone is 1. The van der Waals surface area contributed by atoms with Gasteiger partial charge < -0.3 is 4.74 Å². The summed E-state index contributed by atoms with van der Waals surface area (Å²) in [7, 11) is 0. The molecule has 1 aliphatic heterocycles. The zero-order valence-electron chi connectivity index (χ0n) is 13.0. The van der Waals surface area contributed by atoms with E-state index >= 15 is 0 Å². The van der Waals surface area contributed by atoms with Gasteiger partial charge in [0.1, 0.15) is 0 Å². The Bertz CT molecular complexity index is 751. The highest BCUT2D eigenvalue weighted by atomic mass is 16.5. The van der Waals surface area contributed by atoms with Gasteiger partial charge in [-0.25, -0.2) is 0 Å². The molecule has 0 radical (unpaired) electrons. The molecule has 1 aromatic heterocycles. The second-order valence-corrected chi connectivity index (χ2v) is 6.69. The largest absolute Gasteiger partial charge is 0.465 e. The molecular weight excluding hydrogens is 286 g/mol. The van der Waals surface area contributed by atoms with Crippen LogP contribution in [0.15, 0.2) is 60.9 Å². The summed E-state index contributed by atoms with van der Waals surface area (Å²) in [5.74, 6) is 0.252. The van der Waals surface area contributed by atoms with Gasteiger partial charge in [-0.2, -0.15) is 0 Å². The average molecular weight is 305 g/mol. The molecule has 2 heterocycles. The molecule has 0 N–H and O–H groups in total. The number of fused-ring (bicyclic) bond motifs is 1. The number of cyclic esters (lactones) is 1. The van der Waals surface area contributed by atoms with Crippen molar-refractivity contribution in [3.05, 3.63) is 66.5 Å². The Labute approximate surface area is 136 Å². The zero-order valence-corrected chi connectivity index (χ0v) is 13.0. The van der Waals surface area contributed by atoms with Gasteiger partial charge in [0, 0.05) is 18.3 Å². The van der Waals surface area contributed by atoms with Gasteiger partial charge in [-0.05, 0) is 48.1 Å². The van der Waals surface area contributed by atoms with E-state index in [1.807, 2.05) is 12.1 Å². The molecule has 4 rings (SSSR count). The summed E-state index contributed by atoms with van der Waals surface area (Å²) < 4.78 is 5.35. The maximum Gasteiger partial charge on any atom is 0.313 e. The number of hydrogen-bond donors (Lipinski definition) is 0. The van der Waals surface area contributed by atoms with E-state index in [-0.39, 0.29) is 11.4 Å². The number of aromatic nitrogens is 1. The standard InChI is InChI=1S/C20H19NO2/c1-14-10-18-13-23-19(22)20(18,11-14)12-15-2-4-16(5-3-15)17-6-8-21-9-7-17/h2-9,18H,1,10-13H2. The summed E-state index contributed by atoms with van der Waals surface area (Å²) in [4.78, 5) is 16.4. The molecule has 116 valence electrons. The highest BCUT2D eigenvalue weighted by molar-refractivity contribution is 5.81. The predicted octanol–water partition coefficient (Wildman–Crippen LogP) is 3.80. The molecule has 2 unspecified atom stereocenters. The SMILES string of the molecule is C=C1CC2COC(=O)C2(Cc2ccc(-c3ccncc3)cc2)C1. The molecule has 1 aliphatic carbocycles. The quantitative estimate of drug-likeness (QED) is 0.639. The molecule has 23 heavy (non-hydrogen) atoms. The van der Waals surface area contributed by atoms with Crippen LogP contribution < -0.4 is 0 Å². The van der Waals surface area contributed by atoms with Crippen molar-refractivity contribution in [2.24, 2.45) is 11.3 Å². The van der Waals surface area contributed by atoms with Crippen LogP contribution in [0.1, 0.15) is 18.4 Å². The van der Waals surface area contributed by atoms with Crippen molar-refractivity contribution in [1.29, 1.82) is 0 Å². The zero-order chi connectivity index (χ0) is 15.9. The fourth-order valence-electron chi connectivity index (χ4n) is 3.99. The fourth-order valence-corrected chi connectivity index (χ4v) is 3.99.